The summed E-state index contributed by atoms with van der Waals surface area (Å²) < 4.78 is 86.0. The van der Waals surface area contributed by atoms with E-state index in [1.165, 1.54) is 0 Å². The largest absolute Gasteiger partial charge is 0.416 e. The topological polar surface area (TPSA) is 83.3 Å². The lowest BCUT2D eigenvalue weighted by atomic mass is 9.89. The Kier molecular flexibility index (Phi) is 14.0. The third kappa shape index (κ3) is 11.0. The van der Waals surface area contributed by atoms with Crippen LogP contribution < -0.4 is 5.32 Å². The van der Waals surface area contributed by atoms with E-state index in [0.29, 0.717) is 30.0 Å². The highest BCUT2D eigenvalue weighted by atomic mass is 35.5. The molecule has 0 radical (unpaired) electrons. The van der Waals surface area contributed by atoms with Crippen LogP contribution in [0.4, 0.5) is 26.3 Å². The standard InChI is InChI=1S/C32H36Cl2F6N2O4/c1-2-30(44,23-6-4-3-5-7-23)20-41-11-10-26(22-8-9-27(33)28(34)16-22)29(42-46-13-12-43)19-45-18-21-14-24(31(35,36)37)17-25(15-21)32(38,39)40/h3-9,14,16-17,21,26,41,43-44H,2,10-13,15,18-20H2,1H3/b42-29+. The predicted octanol–water partition coefficient (Wildman–Crippen LogP) is 7.73. The Morgan fingerprint density at radius 2 is 1.76 bits per heavy atom. The van der Waals surface area contributed by atoms with E-state index >= 15 is 0 Å². The molecule has 46 heavy (non-hydrogen) atoms. The van der Waals surface area contributed by atoms with Gasteiger partial charge in [0.25, 0.3) is 0 Å². The number of benzene rings is 2. The summed E-state index contributed by atoms with van der Waals surface area (Å²) in [6, 6.07) is 14.1. The normalized spacial score (nSPS) is 18.1. The molecule has 3 atom stereocenters. The molecule has 2 aromatic carbocycles. The molecule has 3 N–H and O–H groups in total. The van der Waals surface area contributed by atoms with Crippen molar-refractivity contribution in [3.05, 3.63) is 93.0 Å². The van der Waals surface area contributed by atoms with Crippen LogP contribution >= 0.6 is 23.2 Å². The highest BCUT2D eigenvalue weighted by Gasteiger charge is 2.42. The van der Waals surface area contributed by atoms with Gasteiger partial charge in [0.15, 0.2) is 0 Å². The first-order valence-corrected chi connectivity index (χ1v) is 15.3. The van der Waals surface area contributed by atoms with E-state index in [4.69, 9.17) is 32.8 Å². The van der Waals surface area contributed by atoms with Gasteiger partial charge in [-0.2, -0.15) is 26.3 Å². The quantitative estimate of drug-likeness (QED) is 0.0724. The zero-order valence-corrected chi connectivity index (χ0v) is 26.5. The lowest BCUT2D eigenvalue weighted by Crippen LogP contribution is -2.38. The fourth-order valence-corrected chi connectivity index (χ4v) is 5.33. The van der Waals surface area contributed by atoms with Gasteiger partial charge >= 0.3 is 12.4 Å². The molecule has 0 spiro atoms. The van der Waals surface area contributed by atoms with Gasteiger partial charge in [-0.1, -0.05) is 77.8 Å². The minimum absolute atomic E-state index is 0.122. The van der Waals surface area contributed by atoms with Crippen molar-refractivity contribution in [1.29, 1.82) is 0 Å². The van der Waals surface area contributed by atoms with Crippen LogP contribution in [-0.4, -0.2) is 67.8 Å². The molecule has 2 aromatic rings. The Bertz CT molecular complexity index is 1370. The number of hydrogen-bond donors (Lipinski definition) is 3. The van der Waals surface area contributed by atoms with Crippen LogP contribution in [0.5, 0.6) is 0 Å². The number of halogens is 8. The number of nitrogens with one attached hydrogen (secondary N) is 1. The molecule has 0 fully saturated rings. The molecule has 254 valence electrons. The van der Waals surface area contributed by atoms with Crippen LogP contribution in [-0.2, 0) is 15.2 Å². The van der Waals surface area contributed by atoms with Gasteiger partial charge < -0.3 is 25.1 Å². The molecule has 1 aliphatic rings. The molecule has 3 unspecified atom stereocenters. The minimum Gasteiger partial charge on any atom is -0.393 e. The molecule has 0 heterocycles. The van der Waals surface area contributed by atoms with Crippen LogP contribution in [0.25, 0.3) is 0 Å². The summed E-state index contributed by atoms with van der Waals surface area (Å²) in [4.78, 5) is 5.22. The van der Waals surface area contributed by atoms with E-state index in [0.717, 1.165) is 11.6 Å². The molecular formula is C32H36Cl2F6N2O4. The van der Waals surface area contributed by atoms with Gasteiger partial charge in [-0.25, -0.2) is 0 Å². The number of alkyl halides is 6. The molecular weight excluding hydrogens is 661 g/mol. The van der Waals surface area contributed by atoms with Crippen LogP contribution in [0.15, 0.2) is 77.0 Å². The number of oxime groups is 1. The third-order valence-corrected chi connectivity index (χ3v) is 8.28. The first-order chi connectivity index (χ1) is 21.7. The van der Waals surface area contributed by atoms with E-state index < -0.39 is 54.0 Å². The summed E-state index contributed by atoms with van der Waals surface area (Å²) >= 11 is 12.4. The first-order valence-electron chi connectivity index (χ1n) is 14.6. The number of allylic oxidation sites excluding steroid dienone is 3. The number of aliphatic hydroxyl groups is 2. The zero-order valence-electron chi connectivity index (χ0n) is 25.0. The van der Waals surface area contributed by atoms with Gasteiger partial charge in [-0.15, -0.1) is 0 Å². The van der Waals surface area contributed by atoms with Gasteiger partial charge in [0.05, 0.1) is 41.2 Å². The van der Waals surface area contributed by atoms with Gasteiger partial charge in [0.2, 0.25) is 0 Å². The predicted molar refractivity (Wildman–Crippen MR) is 165 cm³/mol. The molecule has 3 rings (SSSR count). The van der Waals surface area contributed by atoms with Crippen molar-refractivity contribution in [2.45, 2.75) is 50.1 Å². The fraction of sp³-hybridized carbons (Fsp3) is 0.469. The summed E-state index contributed by atoms with van der Waals surface area (Å²) in [5, 5.41) is 28.4. The Balaban J connectivity index is 1.80. The van der Waals surface area contributed by atoms with Crippen molar-refractivity contribution in [2.24, 2.45) is 11.1 Å². The number of ether oxygens (including phenoxy) is 1. The maximum atomic E-state index is 13.4. The van der Waals surface area contributed by atoms with Crippen LogP contribution in [0.1, 0.15) is 43.2 Å². The highest BCUT2D eigenvalue weighted by Crippen LogP contribution is 2.40. The van der Waals surface area contributed by atoms with Crippen molar-refractivity contribution < 1.29 is 46.1 Å². The van der Waals surface area contributed by atoms with Gasteiger partial charge in [-0.05, 0) is 55.1 Å². The average molecular weight is 698 g/mol. The molecule has 14 heteroatoms. The smallest absolute Gasteiger partial charge is 0.393 e. The molecule has 1 aliphatic carbocycles. The highest BCUT2D eigenvalue weighted by molar-refractivity contribution is 6.42. The molecule has 0 aromatic heterocycles. The van der Waals surface area contributed by atoms with Crippen LogP contribution in [0.2, 0.25) is 10.0 Å². The number of aliphatic hydroxyl groups excluding tert-OH is 1. The van der Waals surface area contributed by atoms with Crippen molar-refractivity contribution in [3.63, 3.8) is 0 Å². The molecule has 0 amide bonds. The van der Waals surface area contributed by atoms with Crippen LogP contribution in [0, 0.1) is 5.92 Å². The number of nitrogens with zero attached hydrogens (tertiary/aromatic N) is 1. The monoisotopic (exact) mass is 696 g/mol. The Hall–Kier alpha value is -2.61. The Morgan fingerprint density at radius 1 is 1.04 bits per heavy atom. The molecule has 0 saturated carbocycles. The number of hydrogen-bond acceptors (Lipinski definition) is 6. The van der Waals surface area contributed by atoms with Gasteiger partial charge in [0, 0.05) is 24.0 Å². The average Bonchev–Trinajstić information content (AvgIpc) is 3.01. The maximum absolute atomic E-state index is 13.4. The summed E-state index contributed by atoms with van der Waals surface area (Å²) in [5.74, 6) is -1.77. The molecule has 0 bridgehead atoms. The van der Waals surface area contributed by atoms with Crippen molar-refractivity contribution in [2.75, 3.05) is 39.5 Å². The van der Waals surface area contributed by atoms with Crippen molar-refractivity contribution in [3.8, 4) is 0 Å². The minimum atomic E-state index is -4.96. The lowest BCUT2D eigenvalue weighted by molar-refractivity contribution is -0.101. The molecule has 0 aliphatic heterocycles. The lowest BCUT2D eigenvalue weighted by Gasteiger charge is -2.28. The summed E-state index contributed by atoms with van der Waals surface area (Å²) in [7, 11) is 0. The van der Waals surface area contributed by atoms with Crippen LogP contribution in [0.3, 0.4) is 0 Å². The number of rotatable bonds is 16. The van der Waals surface area contributed by atoms with Gasteiger partial charge in [0.1, 0.15) is 12.2 Å². The second-order valence-electron chi connectivity index (χ2n) is 10.8. The summed E-state index contributed by atoms with van der Waals surface area (Å²) in [6.07, 6.45) is -8.93. The maximum Gasteiger partial charge on any atom is 0.416 e. The van der Waals surface area contributed by atoms with Crippen molar-refractivity contribution in [1.82, 2.24) is 5.32 Å². The Morgan fingerprint density at radius 3 is 2.37 bits per heavy atom. The summed E-state index contributed by atoms with van der Waals surface area (Å²) in [6.45, 7) is 1.13. The SMILES string of the molecule is CCC(O)(CNCCC(/C(COCC1C=C(C(F)(F)F)C=C(C(F)(F)F)C1)=N/OCCO)c1ccc(Cl)c(Cl)c1)c1ccccc1. The second kappa shape index (κ2) is 17.0. The van der Waals surface area contributed by atoms with Gasteiger partial charge in [-0.3, -0.25) is 0 Å². The second-order valence-corrected chi connectivity index (χ2v) is 11.7. The summed E-state index contributed by atoms with van der Waals surface area (Å²) in [5.41, 5.74) is -2.19. The van der Waals surface area contributed by atoms with E-state index in [9.17, 15) is 36.6 Å². The van der Waals surface area contributed by atoms with E-state index in [1.54, 1.807) is 18.2 Å². The van der Waals surface area contributed by atoms with E-state index in [1.807, 2.05) is 37.3 Å². The first kappa shape index (κ1) is 37.8. The van der Waals surface area contributed by atoms with E-state index in [2.05, 4.69) is 10.5 Å². The molecule has 6 nitrogen and oxygen atoms in total. The Labute approximate surface area is 273 Å². The zero-order chi connectivity index (χ0) is 34.0. The molecule has 0 saturated heterocycles. The third-order valence-electron chi connectivity index (χ3n) is 7.54. The van der Waals surface area contributed by atoms with Crippen molar-refractivity contribution >= 4 is 28.9 Å². The fourth-order valence-electron chi connectivity index (χ4n) is 5.02. The van der Waals surface area contributed by atoms with E-state index in [-0.39, 0.29) is 43.2 Å².